The minimum absolute atomic E-state index is 0.0263. The van der Waals surface area contributed by atoms with E-state index in [2.05, 4.69) is 34.7 Å². The number of piperazine rings is 1. The minimum atomic E-state index is -0.202. The van der Waals surface area contributed by atoms with Crippen molar-refractivity contribution in [1.29, 1.82) is 0 Å². The van der Waals surface area contributed by atoms with Crippen molar-refractivity contribution < 1.29 is 9.59 Å². The summed E-state index contributed by atoms with van der Waals surface area (Å²) in [5, 5.41) is 6.40. The molecule has 0 bridgehead atoms. The van der Waals surface area contributed by atoms with Crippen molar-refractivity contribution in [2.45, 2.75) is 24.9 Å². The lowest BCUT2D eigenvalue weighted by molar-refractivity contribution is -0.117. The van der Waals surface area contributed by atoms with Gasteiger partial charge < -0.3 is 15.1 Å². The van der Waals surface area contributed by atoms with Gasteiger partial charge in [0.1, 0.15) is 0 Å². The van der Waals surface area contributed by atoms with Crippen molar-refractivity contribution >= 4 is 17.5 Å². The third kappa shape index (κ3) is 4.66. The van der Waals surface area contributed by atoms with E-state index in [0.29, 0.717) is 5.56 Å². The molecule has 2 amide bonds. The predicted molar refractivity (Wildman–Crippen MR) is 114 cm³/mol. The second-order valence-corrected chi connectivity index (χ2v) is 7.92. The van der Waals surface area contributed by atoms with Gasteiger partial charge in [-0.25, -0.2) is 0 Å². The van der Waals surface area contributed by atoms with Gasteiger partial charge in [0.15, 0.2) is 0 Å². The fourth-order valence-corrected chi connectivity index (χ4v) is 4.02. The molecule has 6 nitrogen and oxygen atoms in total. The molecule has 4 rings (SSSR count). The summed E-state index contributed by atoms with van der Waals surface area (Å²) in [6.45, 7) is 3.31. The highest BCUT2D eigenvalue weighted by atomic mass is 16.2. The van der Waals surface area contributed by atoms with Gasteiger partial charge in [-0.1, -0.05) is 30.3 Å². The molecule has 6 heteroatoms. The van der Waals surface area contributed by atoms with E-state index in [-0.39, 0.29) is 23.9 Å². The standard InChI is InChI=1S/C23H28N4O2/c1-26-13-15-27(16-14-26)23(29)18-7-9-19(10-8-18)24-22(28)21-12-11-20(25-21)17-5-3-2-4-6-17/h2-10,20-21,25H,11-16H2,1H3,(H,24,28)/t20-,21-/m1/s1. The Kier molecular flexibility index (Phi) is 5.92. The summed E-state index contributed by atoms with van der Waals surface area (Å²) in [5.74, 6) is 0.0284. The molecule has 2 atom stereocenters. The van der Waals surface area contributed by atoms with Crippen molar-refractivity contribution in [3.05, 3.63) is 65.7 Å². The second-order valence-electron chi connectivity index (χ2n) is 7.92. The van der Waals surface area contributed by atoms with E-state index in [1.54, 1.807) is 12.1 Å². The predicted octanol–water partition coefficient (Wildman–Crippen LogP) is 2.51. The first-order valence-corrected chi connectivity index (χ1v) is 10.3. The van der Waals surface area contributed by atoms with Crippen LogP contribution in [-0.4, -0.2) is 60.9 Å². The Morgan fingerprint density at radius 2 is 1.62 bits per heavy atom. The zero-order chi connectivity index (χ0) is 20.2. The highest BCUT2D eigenvalue weighted by molar-refractivity contribution is 5.97. The van der Waals surface area contributed by atoms with E-state index in [9.17, 15) is 9.59 Å². The Morgan fingerprint density at radius 3 is 2.31 bits per heavy atom. The normalized spacial score (nSPS) is 22.4. The Balaban J connectivity index is 1.32. The largest absolute Gasteiger partial charge is 0.336 e. The summed E-state index contributed by atoms with van der Waals surface area (Å²) < 4.78 is 0. The fraction of sp³-hybridized carbons (Fsp3) is 0.391. The van der Waals surface area contributed by atoms with Gasteiger partial charge in [-0.15, -0.1) is 0 Å². The molecule has 2 aromatic carbocycles. The molecule has 2 heterocycles. The maximum Gasteiger partial charge on any atom is 0.253 e. The molecule has 0 spiro atoms. The number of hydrogen-bond acceptors (Lipinski definition) is 4. The number of carbonyl (C=O) groups excluding carboxylic acids is 2. The highest BCUT2D eigenvalue weighted by Crippen LogP contribution is 2.27. The van der Waals surface area contributed by atoms with Crippen LogP contribution in [0.25, 0.3) is 0 Å². The van der Waals surface area contributed by atoms with Crippen molar-refractivity contribution in [1.82, 2.24) is 15.1 Å². The number of hydrogen-bond donors (Lipinski definition) is 2. The highest BCUT2D eigenvalue weighted by Gasteiger charge is 2.29. The summed E-state index contributed by atoms with van der Waals surface area (Å²) in [6.07, 6.45) is 1.76. The van der Waals surface area contributed by atoms with E-state index in [0.717, 1.165) is 44.7 Å². The maximum absolute atomic E-state index is 12.6. The molecule has 0 aromatic heterocycles. The topological polar surface area (TPSA) is 64.7 Å². The molecular formula is C23H28N4O2. The van der Waals surface area contributed by atoms with E-state index in [1.165, 1.54) is 5.56 Å². The second kappa shape index (κ2) is 8.76. The van der Waals surface area contributed by atoms with Crippen LogP contribution in [0.5, 0.6) is 0 Å². The number of nitrogens with one attached hydrogen (secondary N) is 2. The number of rotatable bonds is 4. The molecule has 0 radical (unpaired) electrons. The third-order valence-electron chi connectivity index (χ3n) is 5.85. The van der Waals surface area contributed by atoms with Gasteiger partial charge in [0.05, 0.1) is 6.04 Å². The van der Waals surface area contributed by atoms with Crippen LogP contribution in [0.15, 0.2) is 54.6 Å². The van der Waals surface area contributed by atoms with Crippen LogP contribution in [0.4, 0.5) is 5.69 Å². The summed E-state index contributed by atoms with van der Waals surface area (Å²) in [4.78, 5) is 29.4. The number of amides is 2. The van der Waals surface area contributed by atoms with Crippen LogP contribution in [0, 0.1) is 0 Å². The molecule has 0 saturated carbocycles. The van der Waals surface area contributed by atoms with Crippen molar-refractivity contribution in [3.63, 3.8) is 0 Å². The monoisotopic (exact) mass is 392 g/mol. The summed E-state index contributed by atoms with van der Waals surface area (Å²) in [7, 11) is 2.07. The number of anilines is 1. The average Bonchev–Trinajstić information content (AvgIpc) is 3.26. The van der Waals surface area contributed by atoms with Crippen LogP contribution in [0.3, 0.4) is 0 Å². The molecule has 2 aliphatic heterocycles. The van der Waals surface area contributed by atoms with Gasteiger partial charge in [0.2, 0.25) is 5.91 Å². The molecule has 152 valence electrons. The molecule has 2 aromatic rings. The van der Waals surface area contributed by atoms with Crippen LogP contribution >= 0.6 is 0 Å². The maximum atomic E-state index is 12.6. The quantitative estimate of drug-likeness (QED) is 0.839. The minimum Gasteiger partial charge on any atom is -0.336 e. The Bertz CT molecular complexity index is 845. The Labute approximate surface area is 171 Å². The van der Waals surface area contributed by atoms with E-state index in [1.807, 2.05) is 35.2 Å². The average molecular weight is 393 g/mol. The van der Waals surface area contributed by atoms with Gasteiger partial charge in [0.25, 0.3) is 5.91 Å². The molecular weight excluding hydrogens is 364 g/mol. The van der Waals surface area contributed by atoms with Crippen LogP contribution in [0.1, 0.15) is 34.8 Å². The molecule has 29 heavy (non-hydrogen) atoms. The van der Waals surface area contributed by atoms with Gasteiger partial charge >= 0.3 is 0 Å². The third-order valence-corrected chi connectivity index (χ3v) is 5.85. The first-order valence-electron chi connectivity index (χ1n) is 10.3. The molecule has 2 fully saturated rings. The zero-order valence-electron chi connectivity index (χ0n) is 16.8. The summed E-state index contributed by atoms with van der Waals surface area (Å²) in [5.41, 5.74) is 2.60. The molecule has 0 aliphatic carbocycles. The number of benzene rings is 2. The van der Waals surface area contributed by atoms with Crippen molar-refractivity contribution in [2.75, 3.05) is 38.5 Å². The smallest absolute Gasteiger partial charge is 0.253 e. The van der Waals surface area contributed by atoms with Gasteiger partial charge in [-0.3, -0.25) is 14.9 Å². The van der Waals surface area contributed by atoms with E-state index >= 15 is 0 Å². The molecule has 2 N–H and O–H groups in total. The fourth-order valence-electron chi connectivity index (χ4n) is 4.02. The first-order chi connectivity index (χ1) is 14.1. The lowest BCUT2D eigenvalue weighted by Gasteiger charge is -2.32. The van der Waals surface area contributed by atoms with Gasteiger partial charge in [-0.05, 0) is 49.7 Å². The van der Waals surface area contributed by atoms with Gasteiger partial charge in [-0.2, -0.15) is 0 Å². The molecule has 0 unspecified atom stereocenters. The summed E-state index contributed by atoms with van der Waals surface area (Å²) in [6, 6.07) is 17.5. The number of nitrogens with zero attached hydrogens (tertiary/aromatic N) is 2. The van der Waals surface area contributed by atoms with E-state index in [4.69, 9.17) is 0 Å². The molecule has 2 aliphatic rings. The van der Waals surface area contributed by atoms with Crippen molar-refractivity contribution in [2.24, 2.45) is 0 Å². The SMILES string of the molecule is CN1CCN(C(=O)c2ccc(NC(=O)[C@H]3CC[C@H](c4ccccc4)N3)cc2)CC1. The van der Waals surface area contributed by atoms with Crippen LogP contribution < -0.4 is 10.6 Å². The lowest BCUT2D eigenvalue weighted by atomic mass is 10.1. The van der Waals surface area contributed by atoms with E-state index < -0.39 is 0 Å². The number of likely N-dealkylation sites (N-methyl/N-ethyl adjacent to an activating group) is 1. The van der Waals surface area contributed by atoms with Crippen molar-refractivity contribution in [3.8, 4) is 0 Å². The Morgan fingerprint density at radius 1 is 0.931 bits per heavy atom. The zero-order valence-corrected chi connectivity index (χ0v) is 16.8. The van der Waals surface area contributed by atoms with Crippen LogP contribution in [0.2, 0.25) is 0 Å². The first kappa shape index (κ1) is 19.6. The Hall–Kier alpha value is -2.70. The summed E-state index contributed by atoms with van der Waals surface area (Å²) >= 11 is 0. The number of carbonyl (C=O) groups is 2. The molecule has 2 saturated heterocycles. The lowest BCUT2D eigenvalue weighted by Crippen LogP contribution is -2.47. The van der Waals surface area contributed by atoms with Gasteiger partial charge in [0, 0.05) is 43.5 Å². The van der Waals surface area contributed by atoms with Crippen LogP contribution in [-0.2, 0) is 4.79 Å².